The molecular weight excluding hydrogens is 364 g/mol. The number of hydrogen-bond acceptors (Lipinski definition) is 1. The molecule has 1 aliphatic heterocycles. The summed E-state index contributed by atoms with van der Waals surface area (Å²) in [5.74, 6) is 0. The van der Waals surface area contributed by atoms with Gasteiger partial charge < -0.3 is 4.74 Å². The van der Waals surface area contributed by atoms with Crippen molar-refractivity contribution in [1.29, 1.82) is 0 Å². The number of ether oxygens (including phenoxy) is 1. The molecule has 0 bridgehead atoms. The fourth-order valence-electron chi connectivity index (χ4n) is 3.63. The third kappa shape index (κ3) is 13.8. The maximum absolute atomic E-state index is 5.66. The SMILES string of the molecule is CC(C)=CCC/C(C)=C/CC/C(C)=C/CC/C=C/CC/C=C(\C)CCC1OC1(C)C. The summed E-state index contributed by atoms with van der Waals surface area (Å²) in [5, 5.41) is 0. The second kappa shape index (κ2) is 14.6. The minimum Gasteiger partial charge on any atom is -0.367 e. The summed E-state index contributed by atoms with van der Waals surface area (Å²) in [6.07, 6.45) is 26.5. The van der Waals surface area contributed by atoms with Crippen LogP contribution in [0.15, 0.2) is 58.7 Å². The van der Waals surface area contributed by atoms with E-state index in [1.807, 2.05) is 0 Å². The lowest BCUT2D eigenvalue weighted by Crippen LogP contribution is -2.02. The molecule has 0 spiro atoms. The average molecular weight is 413 g/mol. The van der Waals surface area contributed by atoms with Crippen molar-refractivity contribution in [2.24, 2.45) is 0 Å². The van der Waals surface area contributed by atoms with Crippen molar-refractivity contribution >= 4 is 0 Å². The smallest absolute Gasteiger partial charge is 0.0892 e. The van der Waals surface area contributed by atoms with E-state index in [0.29, 0.717) is 6.10 Å². The van der Waals surface area contributed by atoms with Crippen molar-refractivity contribution in [3.05, 3.63) is 58.7 Å². The fraction of sp³-hybridized carbons (Fsp3) is 0.655. The van der Waals surface area contributed by atoms with Crippen LogP contribution in [0.5, 0.6) is 0 Å². The standard InChI is InChI=1S/C29H48O/c1-24(2)16-14-19-26(4)21-15-20-25(3)17-12-10-8-9-11-13-18-27(5)22-23-28-29(6,7)30-28/h8-9,16-18,21,28H,10-15,19-20,22-23H2,1-7H3/b9-8+,25-17+,26-21+,27-18+. The molecule has 1 heterocycles. The minimum absolute atomic E-state index is 0.136. The Labute approximate surface area is 188 Å². The molecule has 1 heteroatoms. The maximum Gasteiger partial charge on any atom is 0.0892 e. The van der Waals surface area contributed by atoms with Gasteiger partial charge in [0.05, 0.1) is 11.7 Å². The van der Waals surface area contributed by atoms with E-state index >= 15 is 0 Å². The monoisotopic (exact) mass is 412 g/mol. The van der Waals surface area contributed by atoms with E-state index in [2.05, 4.69) is 84.9 Å². The molecule has 0 aromatic heterocycles. The predicted octanol–water partition coefficient (Wildman–Crippen LogP) is 9.43. The van der Waals surface area contributed by atoms with Gasteiger partial charge in [0.1, 0.15) is 0 Å². The Bertz CT molecular complexity index is 635. The van der Waals surface area contributed by atoms with Crippen LogP contribution in [0, 0.1) is 0 Å². The largest absolute Gasteiger partial charge is 0.367 e. The molecular formula is C29H48O. The number of unbranched alkanes of at least 4 members (excludes halogenated alkanes) is 2. The van der Waals surface area contributed by atoms with Gasteiger partial charge >= 0.3 is 0 Å². The van der Waals surface area contributed by atoms with E-state index in [1.54, 1.807) is 0 Å². The van der Waals surface area contributed by atoms with E-state index in [9.17, 15) is 0 Å². The van der Waals surface area contributed by atoms with Gasteiger partial charge in [-0.15, -0.1) is 0 Å². The first kappa shape index (κ1) is 26.7. The van der Waals surface area contributed by atoms with Crippen LogP contribution in [0.4, 0.5) is 0 Å². The number of epoxide rings is 1. The van der Waals surface area contributed by atoms with E-state index in [4.69, 9.17) is 4.74 Å². The normalized spacial score (nSPS) is 19.4. The summed E-state index contributed by atoms with van der Waals surface area (Å²) in [5.41, 5.74) is 6.12. The highest BCUT2D eigenvalue weighted by atomic mass is 16.6. The van der Waals surface area contributed by atoms with Crippen LogP contribution in [0.25, 0.3) is 0 Å². The lowest BCUT2D eigenvalue weighted by molar-refractivity contribution is 0.320. The van der Waals surface area contributed by atoms with E-state index < -0.39 is 0 Å². The third-order valence-electron chi connectivity index (χ3n) is 5.91. The molecule has 1 rings (SSSR count). The molecule has 1 unspecified atom stereocenters. The van der Waals surface area contributed by atoms with Crippen molar-refractivity contribution in [2.45, 2.75) is 124 Å². The zero-order chi connectivity index (χ0) is 22.4. The first-order valence-electron chi connectivity index (χ1n) is 12.1. The van der Waals surface area contributed by atoms with Gasteiger partial charge in [0.2, 0.25) is 0 Å². The van der Waals surface area contributed by atoms with Crippen LogP contribution >= 0.6 is 0 Å². The molecule has 30 heavy (non-hydrogen) atoms. The Morgan fingerprint density at radius 3 is 1.53 bits per heavy atom. The molecule has 1 fully saturated rings. The first-order chi connectivity index (χ1) is 14.2. The summed E-state index contributed by atoms with van der Waals surface area (Å²) in [4.78, 5) is 0. The zero-order valence-electron chi connectivity index (χ0n) is 21.0. The Balaban J connectivity index is 2.06. The molecule has 0 aromatic rings. The summed E-state index contributed by atoms with van der Waals surface area (Å²) >= 11 is 0. The predicted molar refractivity (Wildman–Crippen MR) is 135 cm³/mol. The molecule has 0 aliphatic carbocycles. The maximum atomic E-state index is 5.66. The van der Waals surface area contributed by atoms with Gasteiger partial charge in [0.15, 0.2) is 0 Å². The lowest BCUT2D eigenvalue weighted by atomic mass is 10.0. The van der Waals surface area contributed by atoms with Crippen LogP contribution in [0.1, 0.15) is 113 Å². The van der Waals surface area contributed by atoms with Crippen LogP contribution < -0.4 is 0 Å². The summed E-state index contributed by atoms with van der Waals surface area (Å²) in [7, 11) is 0. The van der Waals surface area contributed by atoms with Crippen molar-refractivity contribution < 1.29 is 4.74 Å². The van der Waals surface area contributed by atoms with Gasteiger partial charge in [-0.25, -0.2) is 0 Å². The molecule has 0 amide bonds. The lowest BCUT2D eigenvalue weighted by Gasteiger charge is -2.01. The van der Waals surface area contributed by atoms with E-state index in [0.717, 1.165) is 25.7 Å². The Morgan fingerprint density at radius 2 is 1.07 bits per heavy atom. The van der Waals surface area contributed by atoms with Crippen LogP contribution in [-0.2, 0) is 4.74 Å². The highest BCUT2D eigenvalue weighted by molar-refractivity contribution is 5.06. The molecule has 0 radical (unpaired) electrons. The van der Waals surface area contributed by atoms with Crippen LogP contribution in [-0.4, -0.2) is 11.7 Å². The second-order valence-electron chi connectivity index (χ2n) is 9.88. The third-order valence-corrected chi connectivity index (χ3v) is 5.91. The van der Waals surface area contributed by atoms with Gasteiger partial charge in [0.25, 0.3) is 0 Å². The van der Waals surface area contributed by atoms with Crippen molar-refractivity contribution in [1.82, 2.24) is 0 Å². The van der Waals surface area contributed by atoms with E-state index in [1.165, 1.54) is 60.8 Å². The molecule has 1 atom stereocenters. The van der Waals surface area contributed by atoms with Gasteiger partial charge in [0, 0.05) is 0 Å². The quantitative estimate of drug-likeness (QED) is 0.148. The Hall–Kier alpha value is -1.34. The Morgan fingerprint density at radius 1 is 0.633 bits per heavy atom. The van der Waals surface area contributed by atoms with Crippen LogP contribution in [0.2, 0.25) is 0 Å². The van der Waals surface area contributed by atoms with Gasteiger partial charge in [-0.1, -0.05) is 58.7 Å². The first-order valence-corrected chi connectivity index (χ1v) is 12.1. The highest BCUT2D eigenvalue weighted by Crippen LogP contribution is 2.38. The minimum atomic E-state index is 0.136. The molecule has 1 aliphatic rings. The van der Waals surface area contributed by atoms with Gasteiger partial charge in [-0.2, -0.15) is 0 Å². The molecule has 1 nitrogen and oxygen atoms in total. The molecule has 170 valence electrons. The highest BCUT2D eigenvalue weighted by Gasteiger charge is 2.46. The number of rotatable bonds is 15. The van der Waals surface area contributed by atoms with Crippen LogP contribution in [0.3, 0.4) is 0 Å². The molecule has 1 saturated heterocycles. The number of allylic oxidation sites excluding steroid dienone is 10. The number of hydrogen-bond donors (Lipinski definition) is 0. The fourth-order valence-corrected chi connectivity index (χ4v) is 3.63. The summed E-state index contributed by atoms with van der Waals surface area (Å²) < 4.78 is 5.66. The molecule has 0 aromatic carbocycles. The topological polar surface area (TPSA) is 12.5 Å². The molecule has 0 N–H and O–H groups in total. The summed E-state index contributed by atoms with van der Waals surface area (Å²) in [6.45, 7) is 15.5. The molecule has 0 saturated carbocycles. The Kier molecular flexibility index (Phi) is 13.0. The summed E-state index contributed by atoms with van der Waals surface area (Å²) in [6, 6.07) is 0. The van der Waals surface area contributed by atoms with Gasteiger partial charge in [-0.3, -0.25) is 0 Å². The van der Waals surface area contributed by atoms with Crippen molar-refractivity contribution in [3.8, 4) is 0 Å². The van der Waals surface area contributed by atoms with Crippen molar-refractivity contribution in [3.63, 3.8) is 0 Å². The van der Waals surface area contributed by atoms with Gasteiger partial charge in [-0.05, 0) is 113 Å². The second-order valence-corrected chi connectivity index (χ2v) is 9.88. The zero-order valence-corrected chi connectivity index (χ0v) is 21.0. The average Bonchev–Trinajstić information content (AvgIpc) is 3.28. The van der Waals surface area contributed by atoms with E-state index in [-0.39, 0.29) is 5.60 Å². The van der Waals surface area contributed by atoms with Crippen molar-refractivity contribution in [2.75, 3.05) is 0 Å².